The molecule has 2 rings (SSSR count). The lowest BCUT2D eigenvalue weighted by Crippen LogP contribution is -2.44. The van der Waals surface area contributed by atoms with E-state index in [0.29, 0.717) is 25.1 Å². The van der Waals surface area contributed by atoms with Crippen molar-refractivity contribution < 1.29 is 15.0 Å². The van der Waals surface area contributed by atoms with Crippen LogP contribution in [-0.4, -0.2) is 47.1 Å². The summed E-state index contributed by atoms with van der Waals surface area (Å²) in [5.74, 6) is 5.96. The van der Waals surface area contributed by atoms with Crippen LogP contribution in [0.2, 0.25) is 0 Å². The van der Waals surface area contributed by atoms with Crippen LogP contribution >= 0.6 is 0 Å². The second-order valence-corrected chi connectivity index (χ2v) is 7.79. The number of carbonyl (C=O) groups excluding carboxylic acids is 1. The molecule has 0 aromatic heterocycles. The van der Waals surface area contributed by atoms with Gasteiger partial charge in [-0.3, -0.25) is 9.69 Å². The van der Waals surface area contributed by atoms with Crippen LogP contribution in [0.15, 0.2) is 30.3 Å². The predicted molar refractivity (Wildman–Crippen MR) is 108 cm³/mol. The van der Waals surface area contributed by atoms with Gasteiger partial charge >= 0.3 is 0 Å². The second kappa shape index (κ2) is 10.6. The topological polar surface area (TPSA) is 60.8 Å². The second-order valence-electron chi connectivity index (χ2n) is 7.79. The Morgan fingerprint density at radius 3 is 2.52 bits per heavy atom. The average molecular weight is 372 g/mol. The van der Waals surface area contributed by atoms with E-state index in [1.807, 2.05) is 42.3 Å². The van der Waals surface area contributed by atoms with Crippen molar-refractivity contribution in [3.05, 3.63) is 35.9 Å². The van der Waals surface area contributed by atoms with Crippen molar-refractivity contribution in [2.45, 2.75) is 63.6 Å². The third kappa shape index (κ3) is 6.17. The van der Waals surface area contributed by atoms with Crippen LogP contribution in [0.1, 0.15) is 57.4 Å². The van der Waals surface area contributed by atoms with Crippen LogP contribution in [0.25, 0.3) is 0 Å². The Hall–Kier alpha value is -1.67. The summed E-state index contributed by atoms with van der Waals surface area (Å²) in [6.45, 7) is 2.88. The molecule has 148 valence electrons. The van der Waals surface area contributed by atoms with Crippen molar-refractivity contribution in [1.29, 1.82) is 0 Å². The summed E-state index contributed by atoms with van der Waals surface area (Å²) in [4.78, 5) is 15.0. The highest BCUT2D eigenvalue weighted by Gasteiger charge is 2.44. The van der Waals surface area contributed by atoms with Crippen LogP contribution in [-0.2, 0) is 10.4 Å². The largest absolute Gasteiger partial charge is 0.392 e. The first kappa shape index (κ1) is 21.6. The third-order valence-corrected chi connectivity index (χ3v) is 5.36. The molecule has 0 saturated heterocycles. The Balaban J connectivity index is 2.01. The number of hydrogen-bond acceptors (Lipinski definition) is 4. The number of hydrogen-bond donors (Lipinski definition) is 2. The predicted octanol–water partition coefficient (Wildman–Crippen LogP) is 3.12. The fourth-order valence-electron chi connectivity index (χ4n) is 4.00. The van der Waals surface area contributed by atoms with Gasteiger partial charge in [-0.05, 0) is 38.3 Å². The van der Waals surface area contributed by atoms with Crippen molar-refractivity contribution in [3.8, 4) is 11.8 Å². The van der Waals surface area contributed by atoms with E-state index in [-0.39, 0.29) is 24.2 Å². The van der Waals surface area contributed by atoms with Crippen molar-refractivity contribution >= 4 is 5.78 Å². The van der Waals surface area contributed by atoms with E-state index in [1.54, 1.807) is 6.92 Å². The van der Waals surface area contributed by atoms with Crippen LogP contribution in [0.4, 0.5) is 0 Å². The summed E-state index contributed by atoms with van der Waals surface area (Å²) in [5.41, 5.74) is -0.682. The van der Waals surface area contributed by atoms with E-state index >= 15 is 0 Å². The van der Waals surface area contributed by atoms with Crippen LogP contribution in [0, 0.1) is 17.8 Å². The summed E-state index contributed by atoms with van der Waals surface area (Å²) < 4.78 is 0. The number of ketones is 1. The zero-order valence-electron chi connectivity index (χ0n) is 16.7. The average Bonchev–Trinajstić information content (AvgIpc) is 2.67. The number of carbonyl (C=O) groups is 1. The molecule has 0 heterocycles. The molecule has 4 nitrogen and oxygen atoms in total. The number of rotatable bonds is 8. The number of benzene rings is 1. The SMILES string of the molecule is CC(O)CN(C)CC#CCCC(=O)C(O)(c1ccccc1)C1CCCCC1. The molecule has 0 aliphatic heterocycles. The van der Waals surface area contributed by atoms with Crippen molar-refractivity contribution in [3.63, 3.8) is 0 Å². The number of nitrogens with zero attached hydrogens (tertiary/aromatic N) is 1. The van der Waals surface area contributed by atoms with Gasteiger partial charge in [-0.1, -0.05) is 55.5 Å². The molecule has 1 aromatic rings. The molecule has 1 fully saturated rings. The van der Waals surface area contributed by atoms with Crippen molar-refractivity contribution in [2.24, 2.45) is 5.92 Å². The Bertz CT molecular complexity index is 641. The van der Waals surface area contributed by atoms with Crippen molar-refractivity contribution in [1.82, 2.24) is 4.90 Å². The minimum atomic E-state index is -1.40. The van der Waals surface area contributed by atoms with E-state index in [1.165, 1.54) is 6.42 Å². The minimum Gasteiger partial charge on any atom is -0.392 e. The first-order chi connectivity index (χ1) is 12.9. The van der Waals surface area contributed by atoms with Gasteiger partial charge in [0.15, 0.2) is 11.4 Å². The van der Waals surface area contributed by atoms with Gasteiger partial charge in [-0.15, -0.1) is 5.92 Å². The van der Waals surface area contributed by atoms with Gasteiger partial charge in [0.2, 0.25) is 0 Å². The maximum atomic E-state index is 13.0. The summed E-state index contributed by atoms with van der Waals surface area (Å²) in [7, 11) is 1.91. The molecular weight excluding hydrogens is 338 g/mol. The highest BCUT2D eigenvalue weighted by Crippen LogP contribution is 2.40. The molecule has 0 amide bonds. The molecule has 1 saturated carbocycles. The van der Waals surface area contributed by atoms with Gasteiger partial charge in [0.25, 0.3) is 0 Å². The summed E-state index contributed by atoms with van der Waals surface area (Å²) in [6, 6.07) is 9.40. The van der Waals surface area contributed by atoms with Gasteiger partial charge in [0.1, 0.15) is 0 Å². The van der Waals surface area contributed by atoms with E-state index < -0.39 is 5.60 Å². The lowest BCUT2D eigenvalue weighted by Gasteiger charge is -2.37. The van der Waals surface area contributed by atoms with E-state index in [9.17, 15) is 15.0 Å². The molecular formula is C23H33NO3. The van der Waals surface area contributed by atoms with Crippen LogP contribution in [0.5, 0.6) is 0 Å². The smallest absolute Gasteiger partial charge is 0.170 e. The normalized spacial score (nSPS) is 18.4. The third-order valence-electron chi connectivity index (χ3n) is 5.36. The zero-order valence-corrected chi connectivity index (χ0v) is 16.7. The molecule has 2 atom stereocenters. The molecule has 1 aliphatic rings. The van der Waals surface area contributed by atoms with Crippen LogP contribution in [0.3, 0.4) is 0 Å². The molecule has 0 spiro atoms. The summed E-state index contributed by atoms with van der Waals surface area (Å²) in [6.07, 6.45) is 5.44. The molecule has 0 radical (unpaired) electrons. The first-order valence-corrected chi connectivity index (χ1v) is 10.1. The standard InChI is InChI=1S/C23H33NO3/c1-19(25)18-24(2)17-11-5-10-16-22(26)23(27,20-12-6-3-7-13-20)21-14-8-4-9-15-21/h3,6-7,12-13,19,21,25,27H,4,8-10,14-18H2,1-2H3. The van der Waals surface area contributed by atoms with Gasteiger partial charge in [-0.2, -0.15) is 0 Å². The van der Waals surface area contributed by atoms with Gasteiger partial charge in [0.05, 0.1) is 12.6 Å². The van der Waals surface area contributed by atoms with Crippen LogP contribution < -0.4 is 0 Å². The van der Waals surface area contributed by atoms with Gasteiger partial charge < -0.3 is 10.2 Å². The monoisotopic (exact) mass is 371 g/mol. The fourth-order valence-corrected chi connectivity index (χ4v) is 4.00. The Morgan fingerprint density at radius 2 is 1.89 bits per heavy atom. The molecule has 2 N–H and O–H groups in total. The molecule has 0 bridgehead atoms. The maximum Gasteiger partial charge on any atom is 0.170 e. The van der Waals surface area contributed by atoms with Gasteiger partial charge in [-0.25, -0.2) is 0 Å². The molecule has 2 unspecified atom stereocenters. The molecule has 1 aliphatic carbocycles. The fraction of sp³-hybridized carbons (Fsp3) is 0.609. The van der Waals surface area contributed by atoms with E-state index in [0.717, 1.165) is 25.7 Å². The molecule has 4 heteroatoms. The molecule has 1 aromatic carbocycles. The Kier molecular flexibility index (Phi) is 8.50. The number of aliphatic hydroxyl groups excluding tert-OH is 1. The van der Waals surface area contributed by atoms with Gasteiger partial charge in [0, 0.05) is 19.4 Å². The quantitative estimate of drug-likeness (QED) is 0.689. The minimum absolute atomic E-state index is 0.00807. The number of likely N-dealkylation sites (N-methyl/N-ethyl adjacent to an activating group) is 1. The number of aliphatic hydroxyl groups is 2. The zero-order chi connectivity index (χ0) is 19.7. The highest BCUT2D eigenvalue weighted by atomic mass is 16.3. The highest BCUT2D eigenvalue weighted by molar-refractivity contribution is 5.88. The maximum absolute atomic E-state index is 13.0. The van der Waals surface area contributed by atoms with E-state index in [4.69, 9.17) is 0 Å². The Morgan fingerprint density at radius 1 is 1.22 bits per heavy atom. The summed E-state index contributed by atoms with van der Waals surface area (Å²) >= 11 is 0. The van der Waals surface area contributed by atoms with E-state index in [2.05, 4.69) is 11.8 Å². The lowest BCUT2D eigenvalue weighted by molar-refractivity contribution is -0.146. The number of Topliss-reactive ketones (excluding diaryl/α,β-unsaturated/α-hetero) is 1. The molecule has 27 heavy (non-hydrogen) atoms. The summed E-state index contributed by atoms with van der Waals surface area (Å²) in [5, 5.41) is 20.8. The Labute approximate surface area is 163 Å². The van der Waals surface area contributed by atoms with Crippen molar-refractivity contribution in [2.75, 3.05) is 20.1 Å². The first-order valence-electron chi connectivity index (χ1n) is 10.1. The lowest BCUT2D eigenvalue weighted by atomic mass is 9.70.